The van der Waals surface area contributed by atoms with Crippen molar-refractivity contribution in [3.05, 3.63) is 108 Å². The number of para-hydroxylation sites is 3. The van der Waals surface area contributed by atoms with Gasteiger partial charge in [0.15, 0.2) is 0 Å². The molecule has 0 bridgehead atoms. The summed E-state index contributed by atoms with van der Waals surface area (Å²) < 4.78 is 8.77. The molecule has 0 aliphatic heterocycles. The Bertz CT molecular complexity index is 1660. The minimum atomic E-state index is 0.973. The maximum absolute atomic E-state index is 6.40. The molecule has 0 saturated carbocycles. The molecule has 0 fully saturated rings. The Morgan fingerprint density at radius 2 is 1.50 bits per heavy atom. The molecule has 6 aromatic rings. The van der Waals surface area contributed by atoms with Crippen molar-refractivity contribution in [2.45, 2.75) is 12.8 Å². The fourth-order valence-corrected chi connectivity index (χ4v) is 5.19. The third kappa shape index (κ3) is 2.47. The van der Waals surface area contributed by atoms with Crippen LogP contribution in [0, 0.1) is 0 Å². The first-order valence-electron chi connectivity index (χ1n) is 11.2. The maximum atomic E-state index is 6.40. The number of furan rings is 1. The molecule has 7 rings (SSSR count). The molecule has 2 heterocycles. The summed E-state index contributed by atoms with van der Waals surface area (Å²) in [5, 5.41) is 3.74. The van der Waals surface area contributed by atoms with Gasteiger partial charge in [-0.25, -0.2) is 0 Å². The fourth-order valence-electron chi connectivity index (χ4n) is 5.19. The van der Waals surface area contributed by atoms with Crippen LogP contribution >= 0.6 is 0 Å². The summed E-state index contributed by atoms with van der Waals surface area (Å²) >= 11 is 0. The monoisotopic (exact) mass is 411 g/mol. The zero-order chi connectivity index (χ0) is 21.1. The molecule has 0 N–H and O–H groups in total. The summed E-state index contributed by atoms with van der Waals surface area (Å²) in [7, 11) is 0. The summed E-state index contributed by atoms with van der Waals surface area (Å²) in [6.45, 7) is 0. The van der Waals surface area contributed by atoms with Gasteiger partial charge < -0.3 is 8.98 Å². The maximum Gasteiger partial charge on any atom is 0.142 e. The van der Waals surface area contributed by atoms with Crippen molar-refractivity contribution in [2.75, 3.05) is 0 Å². The quantitative estimate of drug-likeness (QED) is 0.281. The molecule has 0 radical (unpaired) electrons. The van der Waals surface area contributed by atoms with Crippen LogP contribution in [0.4, 0.5) is 0 Å². The van der Waals surface area contributed by atoms with E-state index in [1.807, 2.05) is 0 Å². The average Bonchev–Trinajstić information content (AvgIpc) is 3.40. The van der Waals surface area contributed by atoms with Gasteiger partial charge in [-0.05, 0) is 36.2 Å². The molecule has 0 saturated heterocycles. The smallest absolute Gasteiger partial charge is 0.142 e. The third-order valence-electron chi connectivity index (χ3n) is 6.65. The molecule has 32 heavy (non-hydrogen) atoms. The van der Waals surface area contributed by atoms with Crippen LogP contribution in [0.1, 0.15) is 17.7 Å². The van der Waals surface area contributed by atoms with Crippen molar-refractivity contribution in [2.24, 2.45) is 0 Å². The number of hydrogen-bond donors (Lipinski definition) is 0. The van der Waals surface area contributed by atoms with E-state index < -0.39 is 0 Å². The second kappa shape index (κ2) is 6.73. The molecule has 0 unspecified atom stereocenters. The second-order valence-corrected chi connectivity index (χ2v) is 8.48. The lowest BCUT2D eigenvalue weighted by Gasteiger charge is -2.09. The molecule has 0 amide bonds. The van der Waals surface area contributed by atoms with Gasteiger partial charge in [0.05, 0.1) is 11.0 Å². The van der Waals surface area contributed by atoms with Gasteiger partial charge in [-0.1, -0.05) is 78.9 Å². The minimum absolute atomic E-state index is 0.973. The number of fused-ring (bicyclic) bond motifs is 6. The number of nitrogens with zero attached hydrogens (tertiary/aromatic N) is 1. The van der Waals surface area contributed by atoms with E-state index >= 15 is 0 Å². The van der Waals surface area contributed by atoms with Gasteiger partial charge in [0, 0.05) is 39.4 Å². The molecule has 4 aromatic carbocycles. The highest BCUT2D eigenvalue weighted by Crippen LogP contribution is 2.39. The Morgan fingerprint density at radius 3 is 2.44 bits per heavy atom. The minimum Gasteiger partial charge on any atom is -0.460 e. The van der Waals surface area contributed by atoms with Crippen LogP contribution in [-0.2, 0) is 6.42 Å². The third-order valence-corrected chi connectivity index (χ3v) is 6.65. The van der Waals surface area contributed by atoms with Crippen LogP contribution in [0.25, 0.3) is 55.7 Å². The first-order valence-corrected chi connectivity index (χ1v) is 11.2. The van der Waals surface area contributed by atoms with Gasteiger partial charge in [-0.15, -0.1) is 0 Å². The number of aromatic nitrogens is 1. The van der Waals surface area contributed by atoms with E-state index in [2.05, 4.69) is 108 Å². The van der Waals surface area contributed by atoms with Gasteiger partial charge in [0.25, 0.3) is 0 Å². The van der Waals surface area contributed by atoms with Crippen molar-refractivity contribution in [1.82, 2.24) is 4.57 Å². The van der Waals surface area contributed by atoms with Crippen LogP contribution < -0.4 is 0 Å². The van der Waals surface area contributed by atoms with Crippen LogP contribution in [0.2, 0.25) is 0 Å². The molecule has 152 valence electrons. The van der Waals surface area contributed by atoms with E-state index in [0.717, 1.165) is 29.7 Å². The van der Waals surface area contributed by atoms with E-state index in [4.69, 9.17) is 4.42 Å². The number of rotatable bonds is 2. The van der Waals surface area contributed by atoms with E-state index in [1.165, 1.54) is 44.0 Å². The van der Waals surface area contributed by atoms with Crippen LogP contribution in [0.3, 0.4) is 0 Å². The molecule has 2 heteroatoms. The highest BCUT2D eigenvalue weighted by molar-refractivity contribution is 6.11. The summed E-state index contributed by atoms with van der Waals surface area (Å²) in [5.41, 5.74) is 8.17. The van der Waals surface area contributed by atoms with Gasteiger partial charge in [0.1, 0.15) is 11.3 Å². The Morgan fingerprint density at radius 1 is 0.688 bits per heavy atom. The van der Waals surface area contributed by atoms with E-state index in [-0.39, 0.29) is 0 Å². The lowest BCUT2D eigenvalue weighted by molar-refractivity contribution is 0.547. The first-order chi connectivity index (χ1) is 15.9. The predicted octanol–water partition coefficient (Wildman–Crippen LogP) is 8.16. The SMILES string of the molecule is C1=Cc2c(oc3c(-c4ccc5c6ccccc6n(-c6ccccc6)c5c4)cccc23)CC1. The summed E-state index contributed by atoms with van der Waals surface area (Å²) in [4.78, 5) is 0. The van der Waals surface area contributed by atoms with E-state index in [9.17, 15) is 0 Å². The van der Waals surface area contributed by atoms with Gasteiger partial charge >= 0.3 is 0 Å². The summed E-state index contributed by atoms with van der Waals surface area (Å²) in [6.07, 6.45) is 6.48. The summed E-state index contributed by atoms with van der Waals surface area (Å²) in [6, 6.07) is 32.6. The number of hydrogen-bond acceptors (Lipinski definition) is 1. The second-order valence-electron chi connectivity index (χ2n) is 8.48. The van der Waals surface area contributed by atoms with E-state index in [0.29, 0.717) is 0 Å². The van der Waals surface area contributed by atoms with Crippen LogP contribution in [0.15, 0.2) is 101 Å². The van der Waals surface area contributed by atoms with Crippen molar-refractivity contribution in [3.8, 4) is 16.8 Å². The predicted molar refractivity (Wildman–Crippen MR) is 133 cm³/mol. The highest BCUT2D eigenvalue weighted by atomic mass is 16.3. The molecule has 2 nitrogen and oxygen atoms in total. The fraction of sp³-hybridized carbons (Fsp3) is 0.0667. The Hall–Kier alpha value is -4.04. The summed E-state index contributed by atoms with van der Waals surface area (Å²) in [5.74, 6) is 1.11. The first kappa shape index (κ1) is 17.6. The standard InChI is InChI=1S/C30H21NO/c1-2-9-21(10-3-1)31-27-15-6-4-11-23(27)24-18-17-20(19-28(24)31)22-13-8-14-26-25-12-5-7-16-29(25)32-30(22)26/h1-6,8-15,17-19H,7,16H2. The van der Waals surface area contributed by atoms with Gasteiger partial charge in [-0.2, -0.15) is 0 Å². The average molecular weight is 412 g/mol. The molecule has 0 atom stereocenters. The van der Waals surface area contributed by atoms with Crippen LogP contribution in [0.5, 0.6) is 0 Å². The molecule has 1 aliphatic rings. The number of benzene rings is 4. The molecule has 0 spiro atoms. The van der Waals surface area contributed by atoms with Gasteiger partial charge in [0.2, 0.25) is 0 Å². The zero-order valence-electron chi connectivity index (χ0n) is 17.6. The van der Waals surface area contributed by atoms with Crippen molar-refractivity contribution < 1.29 is 4.42 Å². The molecule has 2 aromatic heterocycles. The largest absolute Gasteiger partial charge is 0.460 e. The number of aryl methyl sites for hydroxylation is 1. The topological polar surface area (TPSA) is 18.1 Å². The van der Waals surface area contributed by atoms with Crippen molar-refractivity contribution >= 4 is 38.9 Å². The molecule has 1 aliphatic carbocycles. The Balaban J connectivity index is 1.53. The lowest BCUT2D eigenvalue weighted by Crippen LogP contribution is -1.93. The molecular formula is C30H21NO. The number of allylic oxidation sites excluding steroid dienone is 1. The zero-order valence-corrected chi connectivity index (χ0v) is 17.6. The van der Waals surface area contributed by atoms with Gasteiger partial charge in [-0.3, -0.25) is 0 Å². The Labute approximate surface area is 186 Å². The Kier molecular flexibility index (Phi) is 3.71. The molecular weight excluding hydrogens is 390 g/mol. The lowest BCUT2D eigenvalue weighted by atomic mass is 9.98. The highest BCUT2D eigenvalue weighted by Gasteiger charge is 2.18. The normalized spacial score (nSPS) is 13.2. The van der Waals surface area contributed by atoms with E-state index in [1.54, 1.807) is 0 Å². The van der Waals surface area contributed by atoms with Crippen molar-refractivity contribution in [3.63, 3.8) is 0 Å². The van der Waals surface area contributed by atoms with Crippen molar-refractivity contribution in [1.29, 1.82) is 0 Å². The van der Waals surface area contributed by atoms with Crippen LogP contribution in [-0.4, -0.2) is 4.57 Å².